The molecule has 9 aromatic rings. The summed E-state index contributed by atoms with van der Waals surface area (Å²) >= 11 is 0. The van der Waals surface area contributed by atoms with Crippen molar-refractivity contribution in [2.45, 2.75) is 139 Å². The molecule has 33 nitrogen and oxygen atoms in total. The lowest BCUT2D eigenvalue weighted by molar-refractivity contribution is 0.253. The highest BCUT2D eigenvalue weighted by Gasteiger charge is 2.49. The van der Waals surface area contributed by atoms with Crippen LogP contribution in [0.2, 0.25) is 0 Å². The topological polar surface area (TPSA) is 401 Å². The second kappa shape index (κ2) is 41.8. The molecule has 3 unspecified atom stereocenters. The average Bonchev–Trinajstić information content (AvgIpc) is 1.59. The van der Waals surface area contributed by atoms with Gasteiger partial charge in [0.1, 0.15) is 29.5 Å². The summed E-state index contributed by atoms with van der Waals surface area (Å²) in [6.45, 7) is 14.1. The van der Waals surface area contributed by atoms with Crippen molar-refractivity contribution in [2.24, 2.45) is 5.92 Å². The van der Waals surface area contributed by atoms with Crippen LogP contribution < -0.4 is 54.4 Å². The second-order valence-corrected chi connectivity index (χ2v) is 40.9. The zero-order valence-electron chi connectivity index (χ0n) is 74.5. The van der Waals surface area contributed by atoms with Crippen LogP contribution in [0.3, 0.4) is 0 Å². The number of nitrogens with zero attached hydrogens (tertiary/aromatic N) is 10. The van der Waals surface area contributed by atoms with Gasteiger partial charge in [0.15, 0.2) is 0 Å². The Bertz CT molecular complexity index is 6390. The molecule has 0 spiro atoms. The molecule has 702 valence electrons. The van der Waals surface area contributed by atoms with Gasteiger partial charge in [-0.15, -0.1) is 4.98 Å². The number of hydrogen-bond acceptors (Lipinski definition) is 22. The van der Waals surface area contributed by atoms with Gasteiger partial charge >= 0.3 is 44.5 Å². The number of fused-ring (bicyclic) bond motifs is 5. The van der Waals surface area contributed by atoms with Crippen molar-refractivity contribution in [2.75, 3.05) is 111 Å². The third-order valence-electron chi connectivity index (χ3n) is 24.8. The standard InChI is InChI=1S/C23H30FN5O4S.C23H27FN4O4S.C23H21FN4O3S.C22H28FN5O4S/c1-28-11-5-6-16(28)14-29(2)34(31,32)27-23(30)26-22-18-8-4-7-17(18)20(24)13-19(22)15-9-10-25-21(12-15)33-3;1-28-12-14-8-15(28)10-20(14)33(30,31)27-23(29)26-22-17-5-3-4-16(17)19(24)11-18(22)13-6-7-25-21(9-13)32-2;1-15(2)19-12-18(24)13-20(17-9-10-26-21(11-17)25-3)22(19)27-23(29)28-32(30,31)14-16-7-5-4-6-8-16;1-27-10-8-15(13-27)28(2)33(30,31)26-22(29)25-21-17-6-4-5-16(17)19(23)12-18(21)14-7-9-24-20(11-14)32-3/h9-10,12-13,16H,4-8,11,14H2,1-3H3,(H2,26,27,30);6-7,9,11,14-15,20H,3-5,8,10,12H2,1-2H3,(H2,26,27,29);4-13,15H,14H2,1-2H3,(H2,27,28,29);7,9,11-12,15H,4-6,8,10,13H2,1-3H3,(H2,25,26,29)/t;14-,15-,20?;;/m.1../s1. The zero-order chi connectivity index (χ0) is 94.8. The number of benzene rings is 5. The van der Waals surface area contributed by atoms with Crippen LogP contribution in [0, 0.1) is 35.8 Å². The largest absolute Gasteiger partial charge is 0.481 e. The molecule has 3 saturated heterocycles. The molecule has 5 aromatic carbocycles. The van der Waals surface area contributed by atoms with Crippen LogP contribution in [0.1, 0.15) is 116 Å². The van der Waals surface area contributed by atoms with E-state index in [4.69, 9.17) is 20.8 Å². The monoisotopic (exact) mass is 1890 g/mol. The summed E-state index contributed by atoms with van der Waals surface area (Å²) in [5, 5.41) is 10.1. The van der Waals surface area contributed by atoms with Crippen LogP contribution in [-0.4, -0.2) is 214 Å². The Labute approximate surface area is 765 Å². The van der Waals surface area contributed by atoms with Gasteiger partial charge in [0, 0.05) is 111 Å². The molecule has 4 aromatic heterocycles. The van der Waals surface area contributed by atoms with Gasteiger partial charge in [0.2, 0.25) is 37.7 Å². The van der Waals surface area contributed by atoms with Crippen molar-refractivity contribution in [3.8, 4) is 62.1 Å². The van der Waals surface area contributed by atoms with Crippen LogP contribution in [0.15, 0.2) is 134 Å². The van der Waals surface area contributed by atoms with Gasteiger partial charge in [-0.2, -0.15) is 25.4 Å². The van der Waals surface area contributed by atoms with Gasteiger partial charge in [0.25, 0.3) is 5.82 Å². The summed E-state index contributed by atoms with van der Waals surface area (Å²) in [7, 11) is -2.69. The molecule has 7 aliphatic rings. The number of anilines is 4. The van der Waals surface area contributed by atoms with E-state index >= 15 is 0 Å². The number of likely N-dealkylation sites (tertiary alicyclic amines) is 3. The molecule has 41 heteroatoms. The fourth-order valence-electron chi connectivity index (χ4n) is 18.1. The van der Waals surface area contributed by atoms with E-state index < -0.39 is 75.7 Å². The number of nitrogens with one attached hydrogen (secondary N) is 8. The lowest BCUT2D eigenvalue weighted by atomic mass is 9.94. The number of piperidine rings is 1. The number of methoxy groups -OCH3 is 3. The Kier molecular flexibility index (Phi) is 30.9. The van der Waals surface area contributed by atoms with Crippen LogP contribution in [-0.2, 0) is 84.7 Å². The molecule has 4 fully saturated rings. The number of urea groups is 4. The van der Waals surface area contributed by atoms with Crippen molar-refractivity contribution in [1.29, 1.82) is 0 Å². The Morgan fingerprint density at radius 3 is 1.39 bits per heavy atom. The number of rotatable bonds is 24. The first-order valence-corrected chi connectivity index (χ1v) is 49.0. The SMILES string of the molecule is COc1cc(-c2cc(F)c3c(c2NC(=O)NS(=O)(=O)C2C[C@H]4C[C@@H]2CN4C)CCC3)ccn1.COc1cc(-c2cc(F)c3c(c2NC(=O)NS(=O)(=O)N(C)C2CCN(C)C2)CCC3)ccn1.COc1cc(-c2cc(F)c3c(c2NC(=O)NS(=O)(=O)N(C)CC2CCCN2C)CCC3)ccn1.[C-]#[N+]c1cc(-c2cc(F)cc(C(C)C)c2NC(=O)NS(=O)(=O)Cc2ccccc2)ccn1. The van der Waals surface area contributed by atoms with Gasteiger partial charge in [-0.25, -0.2) is 87.4 Å². The van der Waals surface area contributed by atoms with E-state index in [1.165, 1.54) is 94.7 Å². The number of likely N-dealkylation sites (N-methyl/N-ethyl adjacent to an activating group) is 4. The van der Waals surface area contributed by atoms with Gasteiger partial charge < -0.3 is 55.0 Å². The zero-order valence-corrected chi connectivity index (χ0v) is 77.8. The molecular weight excluding hydrogens is 1790 g/mol. The molecule has 3 aliphatic heterocycles. The van der Waals surface area contributed by atoms with Crippen LogP contribution in [0.5, 0.6) is 17.6 Å². The number of aromatic nitrogens is 4. The maximum absolute atomic E-state index is 14.9. The third-order valence-corrected chi connectivity index (χ3v) is 30.7. The maximum Gasteiger partial charge on any atom is 0.333 e. The van der Waals surface area contributed by atoms with E-state index in [0.29, 0.717) is 182 Å². The Morgan fingerprint density at radius 2 is 0.955 bits per heavy atom. The molecule has 0 radical (unpaired) electrons. The summed E-state index contributed by atoms with van der Waals surface area (Å²) in [5.74, 6) is -0.925. The van der Waals surface area contributed by atoms with Gasteiger partial charge in [0.05, 0.1) is 55.1 Å². The Morgan fingerprint density at radius 1 is 0.508 bits per heavy atom. The van der Waals surface area contributed by atoms with Crippen molar-refractivity contribution in [3.63, 3.8) is 0 Å². The highest BCUT2D eigenvalue weighted by molar-refractivity contribution is 7.90. The Hall–Kier alpha value is -12.0. The van der Waals surface area contributed by atoms with E-state index in [1.807, 2.05) is 44.6 Å². The quantitative estimate of drug-likeness (QED) is 0.0206. The first-order chi connectivity index (χ1) is 62.8. The maximum atomic E-state index is 14.9. The Balaban J connectivity index is 0.000000150. The number of halogens is 4. The van der Waals surface area contributed by atoms with Crippen LogP contribution >= 0.6 is 0 Å². The summed E-state index contributed by atoms with van der Waals surface area (Å²) in [5.41, 5.74) is 10.1. The predicted octanol–water partition coefficient (Wildman–Crippen LogP) is 13.3. The molecule has 7 heterocycles. The smallest absolute Gasteiger partial charge is 0.333 e. The van der Waals surface area contributed by atoms with Crippen molar-refractivity contribution in [3.05, 3.63) is 213 Å². The molecule has 132 heavy (non-hydrogen) atoms. The van der Waals surface area contributed by atoms with E-state index in [-0.39, 0.29) is 71.2 Å². The number of hydrogen-bond donors (Lipinski definition) is 8. The van der Waals surface area contributed by atoms with Crippen molar-refractivity contribution < 1.29 is 84.6 Å². The van der Waals surface area contributed by atoms with Gasteiger partial charge in [-0.3, -0.25) is 0 Å². The fraction of sp³-hybridized carbons (Fsp3) is 0.396. The average molecular weight is 1900 g/mol. The predicted molar refractivity (Wildman–Crippen MR) is 494 cm³/mol. The minimum absolute atomic E-state index is 0.0280. The molecule has 8 N–H and O–H groups in total. The minimum Gasteiger partial charge on any atom is -0.481 e. The van der Waals surface area contributed by atoms with Gasteiger partial charge in [-0.05, 0) is 263 Å². The summed E-state index contributed by atoms with van der Waals surface area (Å²) in [4.78, 5) is 77.0. The highest BCUT2D eigenvalue weighted by Crippen LogP contribution is 2.46. The summed E-state index contributed by atoms with van der Waals surface area (Å²) in [6, 6.07) is 24.7. The molecule has 1 saturated carbocycles. The second-order valence-electron chi connectivity index (χ2n) is 33.8. The highest BCUT2D eigenvalue weighted by atomic mass is 32.2. The normalized spacial score (nSPS) is 18.0. The molecule has 5 atom stereocenters. The van der Waals surface area contributed by atoms with Crippen molar-refractivity contribution in [1.82, 2.24) is 62.1 Å². The van der Waals surface area contributed by atoms with E-state index in [2.05, 4.69) is 70.0 Å². The molecular formula is C91H106F4N18O15S4. The molecule has 4 aliphatic carbocycles. The third kappa shape index (κ3) is 23.2. The summed E-state index contributed by atoms with van der Waals surface area (Å²) < 4.78 is 187. The molecule has 16 rings (SSSR count). The molecule has 2 bridgehead atoms. The number of sulfonamides is 2. The van der Waals surface area contributed by atoms with Crippen molar-refractivity contribution >= 4 is 93.2 Å². The van der Waals surface area contributed by atoms with Crippen LogP contribution in [0.4, 0.5) is 65.3 Å². The lowest BCUT2D eigenvalue weighted by Gasteiger charge is -2.28. The number of amides is 8. The first kappa shape index (κ1) is 97.5. The fourth-order valence-corrected chi connectivity index (χ4v) is 22.6. The van der Waals surface area contributed by atoms with E-state index in [0.717, 1.165) is 62.5 Å². The minimum atomic E-state index is -4.06. The summed E-state index contributed by atoms with van der Waals surface area (Å²) in [6.07, 6.45) is 15.7. The number of carbonyl (C=O) groups excluding carboxylic acids is 4. The first-order valence-electron chi connectivity index (χ1n) is 42.9. The van der Waals surface area contributed by atoms with Gasteiger partial charge in [-0.1, -0.05) is 50.8 Å². The van der Waals surface area contributed by atoms with E-state index in [9.17, 15) is 70.4 Å². The molecule has 8 amide bonds. The van der Waals surface area contributed by atoms with Crippen LogP contribution in [0.25, 0.3) is 49.4 Å². The van der Waals surface area contributed by atoms with E-state index in [1.54, 1.807) is 79.0 Å². The number of carbonyl (C=O) groups is 4. The number of pyridine rings is 4. The lowest BCUT2D eigenvalue weighted by Crippen LogP contribution is -2.48. The number of ether oxygens (including phenoxy) is 3.